The number of fused-ring (bicyclic) bond motifs is 1. The number of hydrogen-bond donors (Lipinski definition) is 2. The number of rotatable bonds is 7. The molecule has 1 aromatic heterocycles. The Bertz CT molecular complexity index is 980. The van der Waals surface area contributed by atoms with Crippen LogP contribution >= 0.6 is 23.2 Å². The van der Waals surface area contributed by atoms with Crippen LogP contribution in [-0.4, -0.2) is 16.9 Å². The fourth-order valence-electron chi connectivity index (χ4n) is 3.58. The third-order valence-corrected chi connectivity index (χ3v) is 6.08. The summed E-state index contributed by atoms with van der Waals surface area (Å²) < 4.78 is 0. The van der Waals surface area contributed by atoms with E-state index in [2.05, 4.69) is 42.3 Å². The number of halogens is 2. The molecule has 0 aliphatic rings. The second-order valence-electron chi connectivity index (χ2n) is 7.24. The molecule has 2 atom stereocenters. The van der Waals surface area contributed by atoms with E-state index in [1.807, 2.05) is 25.3 Å². The molecule has 0 radical (unpaired) electrons. The SMILES string of the molecule is CCc1cccc2c([C@@H](CC(=O)N[C@H](C)CC)c3ccc(Cl)c(Cl)c3)c[nH]c12. The molecule has 2 aromatic carbocycles. The average Bonchev–Trinajstić information content (AvgIpc) is 3.12. The molecule has 3 rings (SSSR count). The van der Waals surface area contributed by atoms with Gasteiger partial charge in [-0.1, -0.05) is 61.3 Å². The van der Waals surface area contributed by atoms with Crippen LogP contribution in [0.5, 0.6) is 0 Å². The minimum atomic E-state index is -0.111. The predicted octanol–water partition coefficient (Wildman–Crippen LogP) is 6.47. The summed E-state index contributed by atoms with van der Waals surface area (Å²) in [5, 5.41) is 5.24. The first-order chi connectivity index (χ1) is 13.4. The van der Waals surface area contributed by atoms with Gasteiger partial charge in [0.25, 0.3) is 0 Å². The number of nitrogens with one attached hydrogen (secondary N) is 2. The number of aryl methyl sites for hydroxylation is 1. The van der Waals surface area contributed by atoms with Crippen molar-refractivity contribution in [3.63, 3.8) is 0 Å². The Hall–Kier alpha value is -1.97. The Balaban J connectivity index is 2.06. The van der Waals surface area contributed by atoms with Crippen molar-refractivity contribution in [1.29, 1.82) is 0 Å². The summed E-state index contributed by atoms with van der Waals surface area (Å²) in [7, 11) is 0. The number of aromatic amines is 1. The second-order valence-corrected chi connectivity index (χ2v) is 8.06. The molecule has 0 aliphatic carbocycles. The third-order valence-electron chi connectivity index (χ3n) is 5.35. The monoisotopic (exact) mass is 416 g/mol. The standard InChI is InChI=1S/C23H26Cl2N2O/c1-4-14(3)27-22(28)12-18(16-9-10-20(24)21(25)11-16)19-13-26-23-15(5-2)7-6-8-17(19)23/h6-11,13-14,18,26H,4-5,12H2,1-3H3,(H,27,28)/t14-,18+/m1/s1. The van der Waals surface area contributed by atoms with Gasteiger partial charge in [-0.25, -0.2) is 0 Å². The lowest BCUT2D eigenvalue weighted by atomic mass is 9.87. The largest absolute Gasteiger partial charge is 0.361 e. The number of benzene rings is 2. The fourth-order valence-corrected chi connectivity index (χ4v) is 3.89. The van der Waals surface area contributed by atoms with Crippen molar-refractivity contribution in [3.8, 4) is 0 Å². The lowest BCUT2D eigenvalue weighted by Crippen LogP contribution is -2.33. The number of hydrogen-bond acceptors (Lipinski definition) is 1. The molecular weight excluding hydrogens is 391 g/mol. The maximum Gasteiger partial charge on any atom is 0.221 e. The van der Waals surface area contributed by atoms with E-state index in [9.17, 15) is 4.79 Å². The summed E-state index contributed by atoms with van der Waals surface area (Å²) in [6.45, 7) is 6.23. The highest BCUT2D eigenvalue weighted by Crippen LogP contribution is 2.36. The van der Waals surface area contributed by atoms with E-state index < -0.39 is 0 Å². The van der Waals surface area contributed by atoms with E-state index in [1.165, 1.54) is 5.56 Å². The van der Waals surface area contributed by atoms with Crippen molar-refractivity contribution in [1.82, 2.24) is 10.3 Å². The zero-order chi connectivity index (χ0) is 20.3. The Morgan fingerprint density at radius 1 is 1.14 bits per heavy atom. The molecule has 0 aliphatic heterocycles. The Kier molecular flexibility index (Phi) is 6.69. The van der Waals surface area contributed by atoms with E-state index in [0.29, 0.717) is 16.5 Å². The van der Waals surface area contributed by atoms with E-state index in [4.69, 9.17) is 23.2 Å². The quantitative estimate of drug-likeness (QED) is 0.454. The van der Waals surface area contributed by atoms with Gasteiger partial charge >= 0.3 is 0 Å². The van der Waals surface area contributed by atoms with Gasteiger partial charge in [-0.2, -0.15) is 0 Å². The highest BCUT2D eigenvalue weighted by Gasteiger charge is 2.23. The number of para-hydroxylation sites is 1. The summed E-state index contributed by atoms with van der Waals surface area (Å²) in [6, 6.07) is 12.1. The Morgan fingerprint density at radius 3 is 2.61 bits per heavy atom. The predicted molar refractivity (Wildman–Crippen MR) is 118 cm³/mol. The van der Waals surface area contributed by atoms with Crippen LogP contribution in [0.3, 0.4) is 0 Å². The summed E-state index contributed by atoms with van der Waals surface area (Å²) in [6.07, 6.45) is 4.22. The number of carbonyl (C=O) groups excluding carboxylic acids is 1. The first-order valence-corrected chi connectivity index (χ1v) is 10.5. The molecule has 2 N–H and O–H groups in total. The van der Waals surface area contributed by atoms with Crippen molar-refractivity contribution in [3.05, 3.63) is 69.3 Å². The molecule has 1 heterocycles. The minimum absolute atomic E-state index is 0.0337. The van der Waals surface area contributed by atoms with E-state index >= 15 is 0 Å². The number of H-pyrrole nitrogens is 1. The Labute approximate surface area is 176 Å². The van der Waals surface area contributed by atoms with Crippen LogP contribution in [0.15, 0.2) is 42.6 Å². The fraction of sp³-hybridized carbons (Fsp3) is 0.348. The molecule has 0 saturated carbocycles. The lowest BCUT2D eigenvalue weighted by molar-refractivity contribution is -0.121. The van der Waals surface area contributed by atoms with Gasteiger partial charge in [0.1, 0.15) is 0 Å². The normalized spacial score (nSPS) is 13.5. The van der Waals surface area contributed by atoms with E-state index in [1.54, 1.807) is 6.07 Å². The molecule has 3 aromatic rings. The van der Waals surface area contributed by atoms with E-state index in [0.717, 1.165) is 34.9 Å². The van der Waals surface area contributed by atoms with Gasteiger partial charge in [0.2, 0.25) is 5.91 Å². The highest BCUT2D eigenvalue weighted by atomic mass is 35.5. The first-order valence-electron chi connectivity index (χ1n) is 9.77. The van der Waals surface area contributed by atoms with Crippen LogP contribution < -0.4 is 5.32 Å². The maximum absolute atomic E-state index is 12.7. The van der Waals surface area contributed by atoms with Gasteiger partial charge in [0, 0.05) is 35.5 Å². The van der Waals surface area contributed by atoms with Crippen molar-refractivity contribution in [2.24, 2.45) is 0 Å². The third kappa shape index (κ3) is 4.37. The molecule has 0 bridgehead atoms. The number of aromatic nitrogens is 1. The summed E-state index contributed by atoms with van der Waals surface area (Å²) in [5.74, 6) is -0.0777. The highest BCUT2D eigenvalue weighted by molar-refractivity contribution is 6.42. The van der Waals surface area contributed by atoms with Gasteiger partial charge < -0.3 is 10.3 Å². The molecule has 0 fully saturated rings. The van der Waals surface area contributed by atoms with Crippen LogP contribution in [-0.2, 0) is 11.2 Å². The molecule has 28 heavy (non-hydrogen) atoms. The van der Waals surface area contributed by atoms with Gasteiger partial charge in [-0.15, -0.1) is 0 Å². The smallest absolute Gasteiger partial charge is 0.221 e. The van der Waals surface area contributed by atoms with Crippen molar-refractivity contribution in [2.45, 2.75) is 52.0 Å². The summed E-state index contributed by atoms with van der Waals surface area (Å²) >= 11 is 12.4. The van der Waals surface area contributed by atoms with Gasteiger partial charge in [0.15, 0.2) is 0 Å². The molecular formula is C23H26Cl2N2O. The summed E-state index contributed by atoms with van der Waals surface area (Å²) in [4.78, 5) is 16.1. The second kappa shape index (κ2) is 9.02. The van der Waals surface area contributed by atoms with Crippen molar-refractivity contribution < 1.29 is 4.79 Å². The lowest BCUT2D eigenvalue weighted by Gasteiger charge is -2.19. The average molecular weight is 417 g/mol. The van der Waals surface area contributed by atoms with Crippen molar-refractivity contribution >= 4 is 40.0 Å². The van der Waals surface area contributed by atoms with Gasteiger partial charge in [0.05, 0.1) is 10.0 Å². The molecule has 0 saturated heterocycles. The first kappa shape index (κ1) is 20.8. The minimum Gasteiger partial charge on any atom is -0.361 e. The van der Waals surface area contributed by atoms with Crippen LogP contribution in [0.25, 0.3) is 10.9 Å². The van der Waals surface area contributed by atoms with E-state index in [-0.39, 0.29) is 17.9 Å². The number of carbonyl (C=O) groups is 1. The number of amides is 1. The van der Waals surface area contributed by atoms with Gasteiger partial charge in [-0.3, -0.25) is 4.79 Å². The molecule has 3 nitrogen and oxygen atoms in total. The molecule has 0 unspecified atom stereocenters. The van der Waals surface area contributed by atoms with Crippen LogP contribution in [0.4, 0.5) is 0 Å². The van der Waals surface area contributed by atoms with Crippen LogP contribution in [0, 0.1) is 0 Å². The van der Waals surface area contributed by atoms with Crippen molar-refractivity contribution in [2.75, 3.05) is 0 Å². The van der Waals surface area contributed by atoms with Crippen LogP contribution in [0.1, 0.15) is 56.2 Å². The maximum atomic E-state index is 12.7. The molecule has 148 valence electrons. The van der Waals surface area contributed by atoms with Crippen LogP contribution in [0.2, 0.25) is 10.0 Å². The topological polar surface area (TPSA) is 44.9 Å². The zero-order valence-corrected chi connectivity index (χ0v) is 18.0. The zero-order valence-electron chi connectivity index (χ0n) is 16.5. The molecule has 5 heteroatoms. The molecule has 1 amide bonds. The Morgan fingerprint density at radius 2 is 1.93 bits per heavy atom. The van der Waals surface area contributed by atoms with Gasteiger partial charge in [-0.05, 0) is 48.6 Å². The summed E-state index contributed by atoms with van der Waals surface area (Å²) in [5.41, 5.74) is 4.48. The molecule has 0 spiro atoms.